The van der Waals surface area contributed by atoms with Crippen LogP contribution in [0.4, 0.5) is 5.95 Å². The van der Waals surface area contributed by atoms with Crippen LogP contribution in [0, 0.1) is 0 Å². The van der Waals surface area contributed by atoms with E-state index in [2.05, 4.69) is 24.8 Å². The Bertz CT molecular complexity index is 568. The first kappa shape index (κ1) is 13.9. The number of aromatic nitrogens is 4. The third kappa shape index (κ3) is 3.16. The van der Waals surface area contributed by atoms with Crippen LogP contribution in [0.2, 0.25) is 0 Å². The lowest BCUT2D eigenvalue weighted by Gasteiger charge is -2.23. The minimum atomic E-state index is 0.354. The number of hydrogen-bond donors (Lipinski definition) is 0. The molecule has 2 aromatic heterocycles. The minimum absolute atomic E-state index is 0.354. The van der Waals surface area contributed by atoms with Gasteiger partial charge in [0.2, 0.25) is 5.95 Å². The molecule has 0 unspecified atom stereocenters. The summed E-state index contributed by atoms with van der Waals surface area (Å²) in [7, 11) is 3.89. The van der Waals surface area contributed by atoms with Gasteiger partial charge in [0.05, 0.1) is 11.7 Å². The Balaban J connectivity index is 1.71. The molecule has 0 amide bonds. The summed E-state index contributed by atoms with van der Waals surface area (Å²) in [6.45, 7) is 1.94. The van der Waals surface area contributed by atoms with Crippen LogP contribution in [0.25, 0.3) is 0 Å². The van der Waals surface area contributed by atoms with Gasteiger partial charge in [-0.15, -0.1) is 0 Å². The van der Waals surface area contributed by atoms with Gasteiger partial charge in [0.1, 0.15) is 0 Å². The molecule has 21 heavy (non-hydrogen) atoms. The number of likely N-dealkylation sites (tertiary alicyclic amines) is 1. The van der Waals surface area contributed by atoms with Crippen molar-refractivity contribution in [2.24, 2.45) is 0 Å². The van der Waals surface area contributed by atoms with Crippen LogP contribution in [0.5, 0.6) is 0 Å². The fourth-order valence-corrected chi connectivity index (χ4v) is 2.73. The second-order valence-corrected chi connectivity index (χ2v) is 5.54. The standard InChI is InChI=1S/C15H20N6/c1-20(2)15-18-8-12(9-19-15)11-21-7-3-4-14(21)13-10-16-5-6-17-13/h5-6,8-10,14H,3-4,7,11H2,1-2H3/t14-/m1/s1. The summed E-state index contributed by atoms with van der Waals surface area (Å²) in [5, 5.41) is 0. The van der Waals surface area contributed by atoms with E-state index in [1.807, 2.05) is 37.6 Å². The topological polar surface area (TPSA) is 58.0 Å². The summed E-state index contributed by atoms with van der Waals surface area (Å²) < 4.78 is 0. The van der Waals surface area contributed by atoms with E-state index in [-0.39, 0.29) is 0 Å². The Kier molecular flexibility index (Phi) is 4.06. The van der Waals surface area contributed by atoms with Crippen molar-refractivity contribution in [2.75, 3.05) is 25.5 Å². The van der Waals surface area contributed by atoms with Crippen LogP contribution < -0.4 is 4.90 Å². The molecule has 0 aliphatic carbocycles. The average molecular weight is 284 g/mol. The number of rotatable bonds is 4. The summed E-state index contributed by atoms with van der Waals surface area (Å²) >= 11 is 0. The maximum Gasteiger partial charge on any atom is 0.224 e. The normalized spacial score (nSPS) is 18.9. The van der Waals surface area contributed by atoms with Gasteiger partial charge in [-0.1, -0.05) is 0 Å². The lowest BCUT2D eigenvalue weighted by Crippen LogP contribution is -2.24. The number of nitrogens with zero attached hydrogens (tertiary/aromatic N) is 6. The van der Waals surface area contributed by atoms with Crippen molar-refractivity contribution in [2.45, 2.75) is 25.4 Å². The van der Waals surface area contributed by atoms with E-state index in [1.165, 1.54) is 6.42 Å². The molecule has 1 aliphatic rings. The van der Waals surface area contributed by atoms with E-state index in [1.54, 1.807) is 12.4 Å². The van der Waals surface area contributed by atoms with Gasteiger partial charge in [0.25, 0.3) is 0 Å². The fraction of sp³-hybridized carbons (Fsp3) is 0.467. The lowest BCUT2D eigenvalue weighted by atomic mass is 10.1. The Morgan fingerprint density at radius 1 is 1.14 bits per heavy atom. The average Bonchev–Trinajstić information content (AvgIpc) is 2.97. The van der Waals surface area contributed by atoms with Gasteiger partial charge in [0, 0.05) is 57.2 Å². The van der Waals surface area contributed by atoms with Crippen LogP contribution in [0.3, 0.4) is 0 Å². The quantitative estimate of drug-likeness (QED) is 0.851. The summed E-state index contributed by atoms with van der Waals surface area (Å²) in [5.41, 5.74) is 2.19. The molecule has 6 nitrogen and oxygen atoms in total. The Morgan fingerprint density at radius 3 is 2.62 bits per heavy atom. The van der Waals surface area contributed by atoms with Gasteiger partial charge in [-0.25, -0.2) is 9.97 Å². The smallest absolute Gasteiger partial charge is 0.224 e. The van der Waals surface area contributed by atoms with Gasteiger partial charge in [-0.3, -0.25) is 14.9 Å². The molecule has 0 aromatic carbocycles. The van der Waals surface area contributed by atoms with Crippen LogP contribution in [-0.4, -0.2) is 45.5 Å². The second kappa shape index (κ2) is 6.13. The predicted octanol–water partition coefficient (Wildman–Crippen LogP) is 1.67. The molecule has 0 bridgehead atoms. The van der Waals surface area contributed by atoms with Gasteiger partial charge < -0.3 is 4.90 Å². The second-order valence-electron chi connectivity index (χ2n) is 5.54. The van der Waals surface area contributed by atoms with E-state index < -0.39 is 0 Å². The minimum Gasteiger partial charge on any atom is -0.347 e. The van der Waals surface area contributed by atoms with E-state index in [9.17, 15) is 0 Å². The molecule has 3 heterocycles. The molecular formula is C15H20N6. The Morgan fingerprint density at radius 2 is 1.95 bits per heavy atom. The molecule has 1 saturated heterocycles. The first-order chi connectivity index (χ1) is 10.2. The molecule has 1 aliphatic heterocycles. The van der Waals surface area contributed by atoms with Gasteiger partial charge in [-0.05, 0) is 19.4 Å². The molecule has 1 atom stereocenters. The van der Waals surface area contributed by atoms with Gasteiger partial charge in [0.15, 0.2) is 0 Å². The van der Waals surface area contributed by atoms with E-state index in [0.717, 1.165) is 36.7 Å². The Hall–Kier alpha value is -2.08. The SMILES string of the molecule is CN(C)c1ncc(CN2CCC[C@@H]2c2cnccn2)cn1. The lowest BCUT2D eigenvalue weighted by molar-refractivity contribution is 0.243. The summed E-state index contributed by atoms with van der Waals surface area (Å²) in [6.07, 6.45) is 11.5. The third-order valence-corrected chi connectivity index (χ3v) is 3.77. The molecule has 2 aromatic rings. The van der Waals surface area contributed by atoms with Crippen molar-refractivity contribution in [3.63, 3.8) is 0 Å². The summed E-state index contributed by atoms with van der Waals surface area (Å²) in [5.74, 6) is 0.741. The number of anilines is 1. The van der Waals surface area contributed by atoms with E-state index >= 15 is 0 Å². The highest BCUT2D eigenvalue weighted by atomic mass is 15.2. The molecule has 0 spiro atoms. The third-order valence-electron chi connectivity index (χ3n) is 3.77. The monoisotopic (exact) mass is 284 g/mol. The largest absolute Gasteiger partial charge is 0.347 e. The van der Waals surface area contributed by atoms with Gasteiger partial charge >= 0.3 is 0 Å². The van der Waals surface area contributed by atoms with Crippen molar-refractivity contribution >= 4 is 5.95 Å². The van der Waals surface area contributed by atoms with Gasteiger partial charge in [-0.2, -0.15) is 0 Å². The Labute approximate surface area is 124 Å². The number of hydrogen-bond acceptors (Lipinski definition) is 6. The van der Waals surface area contributed by atoms with Crippen molar-refractivity contribution in [1.29, 1.82) is 0 Å². The molecule has 110 valence electrons. The fourth-order valence-electron chi connectivity index (χ4n) is 2.73. The zero-order valence-electron chi connectivity index (χ0n) is 12.5. The van der Waals surface area contributed by atoms with Crippen molar-refractivity contribution in [1.82, 2.24) is 24.8 Å². The zero-order chi connectivity index (χ0) is 14.7. The highest BCUT2D eigenvalue weighted by Gasteiger charge is 2.27. The molecule has 0 radical (unpaired) electrons. The predicted molar refractivity (Wildman–Crippen MR) is 80.8 cm³/mol. The highest BCUT2D eigenvalue weighted by Crippen LogP contribution is 2.31. The maximum atomic E-state index is 4.45. The molecule has 3 rings (SSSR count). The molecule has 0 saturated carbocycles. The molecular weight excluding hydrogens is 264 g/mol. The van der Waals surface area contributed by atoms with Crippen molar-refractivity contribution in [3.8, 4) is 0 Å². The van der Waals surface area contributed by atoms with Crippen LogP contribution in [0.15, 0.2) is 31.0 Å². The van der Waals surface area contributed by atoms with Crippen LogP contribution >= 0.6 is 0 Å². The first-order valence-electron chi connectivity index (χ1n) is 7.22. The molecule has 0 N–H and O–H groups in total. The summed E-state index contributed by atoms with van der Waals surface area (Å²) in [6, 6.07) is 0.354. The maximum absolute atomic E-state index is 4.45. The van der Waals surface area contributed by atoms with E-state index in [0.29, 0.717) is 6.04 Å². The summed E-state index contributed by atoms with van der Waals surface area (Å²) in [4.78, 5) is 21.7. The highest BCUT2D eigenvalue weighted by molar-refractivity contribution is 5.26. The first-order valence-corrected chi connectivity index (χ1v) is 7.22. The molecule has 6 heteroatoms. The van der Waals surface area contributed by atoms with E-state index in [4.69, 9.17) is 0 Å². The van der Waals surface area contributed by atoms with Crippen LogP contribution in [0.1, 0.15) is 30.1 Å². The van der Waals surface area contributed by atoms with Crippen LogP contribution in [-0.2, 0) is 6.54 Å². The van der Waals surface area contributed by atoms with Crippen molar-refractivity contribution in [3.05, 3.63) is 42.2 Å². The van der Waals surface area contributed by atoms with Crippen molar-refractivity contribution < 1.29 is 0 Å². The molecule has 1 fully saturated rings. The zero-order valence-corrected chi connectivity index (χ0v) is 12.5.